The van der Waals surface area contributed by atoms with Gasteiger partial charge in [0.15, 0.2) is 0 Å². The molecule has 1 amide bonds. The van der Waals surface area contributed by atoms with Crippen LogP contribution in [0.5, 0.6) is 0 Å². The molecular weight excluding hydrogens is 354 g/mol. The molecule has 1 aliphatic heterocycles. The second-order valence-corrected chi connectivity index (χ2v) is 8.06. The molecule has 0 saturated heterocycles. The van der Waals surface area contributed by atoms with Crippen molar-refractivity contribution in [3.8, 4) is 0 Å². The standard InChI is InChI=1S/C19H21NO3S2/c1-2-23-18(21)12-20(11-14-6-4-3-5-7-14)19(22)17-10-15-13-24-9-8-16(15)25-17/h3-7,10H,2,8-9,11-13H2,1H3. The first-order chi connectivity index (χ1) is 12.2. The number of rotatable bonds is 6. The number of thioether (sulfide) groups is 1. The molecule has 132 valence electrons. The minimum Gasteiger partial charge on any atom is -0.465 e. The molecule has 0 unspecified atom stereocenters. The molecule has 6 heteroatoms. The van der Waals surface area contributed by atoms with Gasteiger partial charge in [-0.15, -0.1) is 11.3 Å². The number of hydrogen-bond acceptors (Lipinski definition) is 5. The van der Waals surface area contributed by atoms with E-state index >= 15 is 0 Å². The van der Waals surface area contributed by atoms with Crippen LogP contribution in [0.4, 0.5) is 0 Å². The van der Waals surface area contributed by atoms with Gasteiger partial charge in [-0.2, -0.15) is 11.8 Å². The number of thiophene rings is 1. The van der Waals surface area contributed by atoms with Crippen molar-refractivity contribution in [1.29, 1.82) is 0 Å². The number of carbonyl (C=O) groups is 2. The van der Waals surface area contributed by atoms with Crippen molar-refractivity contribution in [3.05, 3.63) is 57.3 Å². The molecule has 4 nitrogen and oxygen atoms in total. The van der Waals surface area contributed by atoms with Gasteiger partial charge in [-0.25, -0.2) is 0 Å². The van der Waals surface area contributed by atoms with Crippen molar-refractivity contribution in [1.82, 2.24) is 4.90 Å². The predicted molar refractivity (Wildman–Crippen MR) is 102 cm³/mol. The summed E-state index contributed by atoms with van der Waals surface area (Å²) in [5.41, 5.74) is 2.26. The van der Waals surface area contributed by atoms with Gasteiger partial charge in [-0.3, -0.25) is 9.59 Å². The van der Waals surface area contributed by atoms with E-state index in [-0.39, 0.29) is 18.4 Å². The van der Waals surface area contributed by atoms with Gasteiger partial charge in [-0.05, 0) is 36.3 Å². The number of hydrogen-bond donors (Lipinski definition) is 0. The van der Waals surface area contributed by atoms with E-state index in [9.17, 15) is 9.59 Å². The summed E-state index contributed by atoms with van der Waals surface area (Å²) in [4.78, 5) is 28.6. The molecule has 2 aromatic rings. The first kappa shape index (κ1) is 18.0. The Bertz CT molecular complexity index is 719. The summed E-state index contributed by atoms with van der Waals surface area (Å²) < 4.78 is 5.04. The van der Waals surface area contributed by atoms with Gasteiger partial charge in [-0.1, -0.05) is 30.3 Å². The summed E-state index contributed by atoms with van der Waals surface area (Å²) in [5, 5.41) is 0. The molecule has 2 heterocycles. The fraction of sp³-hybridized carbons (Fsp3) is 0.368. The van der Waals surface area contributed by atoms with Crippen LogP contribution in [0, 0.1) is 0 Å². The largest absolute Gasteiger partial charge is 0.465 e. The van der Waals surface area contributed by atoms with Crippen molar-refractivity contribution >= 4 is 35.0 Å². The smallest absolute Gasteiger partial charge is 0.325 e. The van der Waals surface area contributed by atoms with Crippen LogP contribution in [0.3, 0.4) is 0 Å². The van der Waals surface area contributed by atoms with Crippen molar-refractivity contribution in [2.75, 3.05) is 18.9 Å². The number of ether oxygens (including phenoxy) is 1. The van der Waals surface area contributed by atoms with Gasteiger partial charge in [0, 0.05) is 17.2 Å². The van der Waals surface area contributed by atoms with E-state index in [0.717, 1.165) is 23.5 Å². The van der Waals surface area contributed by atoms with Crippen LogP contribution in [0.15, 0.2) is 36.4 Å². The number of carbonyl (C=O) groups excluding carboxylic acids is 2. The summed E-state index contributed by atoms with van der Waals surface area (Å²) in [6, 6.07) is 11.7. The summed E-state index contributed by atoms with van der Waals surface area (Å²) >= 11 is 3.46. The van der Waals surface area contributed by atoms with Crippen LogP contribution in [0.25, 0.3) is 0 Å². The summed E-state index contributed by atoms with van der Waals surface area (Å²) in [6.45, 7) is 2.46. The molecule has 0 fully saturated rings. The Morgan fingerprint density at radius 3 is 2.76 bits per heavy atom. The van der Waals surface area contributed by atoms with Gasteiger partial charge in [0.1, 0.15) is 6.54 Å². The maximum atomic E-state index is 13.0. The molecule has 0 N–H and O–H groups in total. The Morgan fingerprint density at radius 1 is 1.24 bits per heavy atom. The lowest BCUT2D eigenvalue weighted by atomic mass is 10.2. The lowest BCUT2D eigenvalue weighted by Crippen LogP contribution is -2.35. The van der Waals surface area contributed by atoms with E-state index in [1.54, 1.807) is 23.2 Å². The van der Waals surface area contributed by atoms with Gasteiger partial charge < -0.3 is 9.64 Å². The Balaban J connectivity index is 1.80. The van der Waals surface area contributed by atoms with Gasteiger partial charge in [0.2, 0.25) is 0 Å². The van der Waals surface area contributed by atoms with E-state index in [0.29, 0.717) is 18.0 Å². The molecule has 0 saturated carbocycles. The third-order valence-corrected chi connectivity index (χ3v) is 6.20. The minimum absolute atomic E-state index is 0.0289. The summed E-state index contributed by atoms with van der Waals surface area (Å²) in [5.74, 6) is 1.61. The average molecular weight is 376 g/mol. The molecule has 1 aromatic heterocycles. The van der Waals surface area contributed by atoms with E-state index < -0.39 is 0 Å². The maximum Gasteiger partial charge on any atom is 0.325 e. The zero-order valence-electron chi connectivity index (χ0n) is 14.2. The van der Waals surface area contributed by atoms with E-state index in [2.05, 4.69) is 0 Å². The van der Waals surface area contributed by atoms with E-state index in [1.165, 1.54) is 10.4 Å². The van der Waals surface area contributed by atoms with Crippen LogP contribution >= 0.6 is 23.1 Å². The number of amides is 1. The van der Waals surface area contributed by atoms with E-state index in [1.807, 2.05) is 48.2 Å². The third-order valence-electron chi connectivity index (χ3n) is 3.97. The van der Waals surface area contributed by atoms with Crippen molar-refractivity contribution in [3.63, 3.8) is 0 Å². The molecule has 0 bridgehead atoms. The summed E-state index contributed by atoms with van der Waals surface area (Å²) in [7, 11) is 0. The molecule has 1 aliphatic rings. The Morgan fingerprint density at radius 2 is 2.04 bits per heavy atom. The first-order valence-electron chi connectivity index (χ1n) is 8.35. The molecule has 1 aromatic carbocycles. The molecule has 25 heavy (non-hydrogen) atoms. The minimum atomic E-state index is -0.372. The third kappa shape index (κ3) is 4.64. The highest BCUT2D eigenvalue weighted by atomic mass is 32.2. The number of fused-ring (bicyclic) bond motifs is 1. The normalized spacial score (nSPS) is 13.2. The molecule has 0 radical (unpaired) electrons. The molecule has 0 spiro atoms. The van der Waals surface area contributed by atoms with Crippen LogP contribution < -0.4 is 0 Å². The molecule has 3 rings (SSSR count). The maximum absolute atomic E-state index is 13.0. The van der Waals surface area contributed by atoms with Crippen LogP contribution in [-0.4, -0.2) is 35.7 Å². The predicted octanol–water partition coefficient (Wildman–Crippen LogP) is 3.74. The molecular formula is C19H21NO3S2. The van der Waals surface area contributed by atoms with Crippen molar-refractivity contribution < 1.29 is 14.3 Å². The van der Waals surface area contributed by atoms with Crippen LogP contribution in [-0.2, 0) is 28.2 Å². The van der Waals surface area contributed by atoms with Crippen molar-refractivity contribution in [2.24, 2.45) is 0 Å². The van der Waals surface area contributed by atoms with E-state index in [4.69, 9.17) is 4.74 Å². The Hall–Kier alpha value is -1.79. The highest BCUT2D eigenvalue weighted by Gasteiger charge is 2.24. The highest BCUT2D eigenvalue weighted by molar-refractivity contribution is 7.98. The van der Waals surface area contributed by atoms with Crippen LogP contribution in [0.2, 0.25) is 0 Å². The zero-order chi connectivity index (χ0) is 17.6. The first-order valence-corrected chi connectivity index (χ1v) is 10.3. The second kappa shape index (κ2) is 8.54. The molecule has 0 atom stereocenters. The Kier molecular flexibility index (Phi) is 6.15. The molecule has 0 aliphatic carbocycles. The van der Waals surface area contributed by atoms with Crippen LogP contribution in [0.1, 0.15) is 32.6 Å². The Labute approximate surface area is 156 Å². The fourth-order valence-corrected chi connectivity index (χ4v) is 5.11. The average Bonchev–Trinajstić information content (AvgIpc) is 3.06. The lowest BCUT2D eigenvalue weighted by molar-refractivity contribution is -0.143. The van der Waals surface area contributed by atoms with Gasteiger partial charge >= 0.3 is 5.97 Å². The topological polar surface area (TPSA) is 46.6 Å². The highest BCUT2D eigenvalue weighted by Crippen LogP contribution is 2.32. The second-order valence-electron chi connectivity index (χ2n) is 5.81. The fourth-order valence-electron chi connectivity index (χ4n) is 2.77. The number of esters is 1. The SMILES string of the molecule is CCOC(=O)CN(Cc1ccccc1)C(=O)c1cc2c(s1)CCSC2. The number of benzene rings is 1. The zero-order valence-corrected chi connectivity index (χ0v) is 15.8. The number of nitrogens with zero attached hydrogens (tertiary/aromatic N) is 1. The van der Waals surface area contributed by atoms with Crippen molar-refractivity contribution in [2.45, 2.75) is 25.6 Å². The lowest BCUT2D eigenvalue weighted by Gasteiger charge is -2.21. The number of aryl methyl sites for hydroxylation is 1. The van der Waals surface area contributed by atoms with Gasteiger partial charge in [0.05, 0.1) is 11.5 Å². The van der Waals surface area contributed by atoms with Gasteiger partial charge in [0.25, 0.3) is 5.91 Å². The summed E-state index contributed by atoms with van der Waals surface area (Å²) in [6.07, 6.45) is 1.02. The monoisotopic (exact) mass is 375 g/mol. The quantitative estimate of drug-likeness (QED) is 0.722.